The first kappa shape index (κ1) is 54.5. The Morgan fingerprint density at radius 2 is 0.451 bits per heavy atom. The molecule has 0 spiro atoms. The average molecular weight is 1100 g/mol. The van der Waals surface area contributed by atoms with Crippen LogP contribution in [0.1, 0.15) is 77.9 Å². The van der Waals surface area contributed by atoms with Crippen LogP contribution in [0.15, 0.2) is 255 Å². The minimum absolute atomic E-state index is 0.789. The number of aryl methyl sites for hydroxylation is 8. The summed E-state index contributed by atoms with van der Waals surface area (Å²) in [5.74, 6) is 0. The van der Waals surface area contributed by atoms with Crippen molar-refractivity contribution >= 4 is 69.2 Å². The van der Waals surface area contributed by atoms with Crippen LogP contribution in [0.4, 0.5) is 0 Å². The standard InChI is InChI=1S/C78H68O2P2/c1-51-37-52(2)42-63(41-51)81(64-43-53(3)38-54(4)44-64)73-49-71(77(79,59-25-13-9-14-26-59)60-27-15-10-16-28-60)67-33-21-23-35-69(67)75(73)76-70-36-24-22-34-68(70)72(78(80,61-29-17-11-18-30-61)62-31-19-12-20-32-62)50-74(76)82(65-45-55(5)39-56(6)46-65)66-47-57(7)40-58(8)48-66/h9-50,79-80H,1-8H3. The quantitative estimate of drug-likeness (QED) is 0.0892. The van der Waals surface area contributed by atoms with Crippen LogP contribution in [-0.2, 0) is 11.2 Å². The van der Waals surface area contributed by atoms with Crippen molar-refractivity contribution in [2.24, 2.45) is 0 Å². The molecule has 0 unspecified atom stereocenters. The van der Waals surface area contributed by atoms with Gasteiger partial charge in [0.1, 0.15) is 11.2 Å². The second kappa shape index (κ2) is 22.4. The van der Waals surface area contributed by atoms with Gasteiger partial charge in [0.2, 0.25) is 0 Å². The van der Waals surface area contributed by atoms with E-state index in [1.165, 1.54) is 65.7 Å². The van der Waals surface area contributed by atoms with E-state index in [0.717, 1.165) is 76.7 Å². The molecule has 0 bridgehead atoms. The zero-order valence-electron chi connectivity index (χ0n) is 48.0. The molecule has 12 aromatic carbocycles. The van der Waals surface area contributed by atoms with Crippen LogP contribution in [0.25, 0.3) is 32.7 Å². The van der Waals surface area contributed by atoms with Gasteiger partial charge in [-0.1, -0.05) is 287 Å². The van der Waals surface area contributed by atoms with Gasteiger partial charge < -0.3 is 10.2 Å². The molecule has 4 heteroatoms. The number of aliphatic hydroxyl groups is 2. The van der Waals surface area contributed by atoms with Gasteiger partial charge in [-0.2, -0.15) is 0 Å². The molecule has 0 amide bonds. The third kappa shape index (κ3) is 10.0. The van der Waals surface area contributed by atoms with Crippen molar-refractivity contribution in [3.05, 3.63) is 333 Å². The van der Waals surface area contributed by atoms with Crippen molar-refractivity contribution < 1.29 is 10.2 Å². The normalized spacial score (nSPS) is 12.0. The molecule has 82 heavy (non-hydrogen) atoms. The molecule has 12 rings (SSSR count). The average Bonchev–Trinajstić information content (AvgIpc) is 3.43. The first-order chi connectivity index (χ1) is 39.7. The van der Waals surface area contributed by atoms with Crippen molar-refractivity contribution in [2.45, 2.75) is 66.6 Å². The molecular weight excluding hydrogens is 1030 g/mol. The van der Waals surface area contributed by atoms with Crippen molar-refractivity contribution in [1.82, 2.24) is 0 Å². The van der Waals surface area contributed by atoms with Crippen molar-refractivity contribution in [3.8, 4) is 11.1 Å². The Morgan fingerprint density at radius 1 is 0.244 bits per heavy atom. The maximum atomic E-state index is 14.3. The molecule has 0 aliphatic heterocycles. The SMILES string of the molecule is Cc1cc(C)cc(P(c2cc(C)cc(C)c2)c2cc(C(O)(c3ccccc3)c3ccccc3)c3ccccc3c2-c2c(P(c3cc(C)cc(C)c3)c3cc(C)cc(C)c3)cc(C(O)(c3ccccc3)c3ccccc3)c3ccccc23)c1. The molecule has 0 fully saturated rings. The lowest BCUT2D eigenvalue weighted by Crippen LogP contribution is -2.33. The van der Waals surface area contributed by atoms with E-state index in [9.17, 15) is 10.2 Å². The second-order valence-corrected chi connectivity index (χ2v) is 27.0. The number of rotatable bonds is 13. The topological polar surface area (TPSA) is 40.5 Å². The fourth-order valence-electron chi connectivity index (χ4n) is 13.0. The van der Waals surface area contributed by atoms with Gasteiger partial charge in [-0.15, -0.1) is 0 Å². The van der Waals surface area contributed by atoms with Gasteiger partial charge in [0.25, 0.3) is 0 Å². The molecule has 402 valence electrons. The van der Waals surface area contributed by atoms with E-state index < -0.39 is 27.0 Å². The van der Waals surface area contributed by atoms with Crippen LogP contribution < -0.4 is 31.8 Å². The molecule has 0 atom stereocenters. The van der Waals surface area contributed by atoms with E-state index in [2.05, 4.69) is 237 Å². The molecule has 0 heterocycles. The number of benzene rings is 12. The lowest BCUT2D eigenvalue weighted by Gasteiger charge is -2.36. The van der Waals surface area contributed by atoms with E-state index in [1.807, 2.05) is 72.8 Å². The summed E-state index contributed by atoms with van der Waals surface area (Å²) in [5, 5.41) is 39.9. The maximum Gasteiger partial charge on any atom is 0.141 e. The third-order valence-electron chi connectivity index (χ3n) is 16.2. The minimum atomic E-state index is -1.58. The lowest BCUT2D eigenvalue weighted by molar-refractivity contribution is 0.127. The van der Waals surface area contributed by atoms with Crippen molar-refractivity contribution in [3.63, 3.8) is 0 Å². The zero-order valence-corrected chi connectivity index (χ0v) is 49.8. The third-order valence-corrected chi connectivity index (χ3v) is 21.0. The summed E-state index contributed by atoms with van der Waals surface area (Å²) in [5.41, 5.74) is 13.5. The highest BCUT2D eigenvalue weighted by molar-refractivity contribution is 7.81. The molecule has 0 radical (unpaired) electrons. The molecule has 0 saturated carbocycles. The minimum Gasteiger partial charge on any atom is -0.376 e. The van der Waals surface area contributed by atoms with E-state index in [0.29, 0.717) is 0 Å². The van der Waals surface area contributed by atoms with Crippen LogP contribution >= 0.6 is 15.8 Å². The first-order valence-electron chi connectivity index (χ1n) is 28.4. The zero-order chi connectivity index (χ0) is 56.9. The second-order valence-electron chi connectivity index (χ2n) is 22.7. The van der Waals surface area contributed by atoms with Gasteiger partial charge in [0.05, 0.1) is 0 Å². The largest absolute Gasteiger partial charge is 0.376 e. The van der Waals surface area contributed by atoms with Crippen LogP contribution in [0.5, 0.6) is 0 Å². The monoisotopic (exact) mass is 1100 g/mol. The molecule has 0 aliphatic carbocycles. The maximum absolute atomic E-state index is 14.3. The van der Waals surface area contributed by atoms with Gasteiger partial charge in [0, 0.05) is 11.1 Å². The number of fused-ring (bicyclic) bond motifs is 2. The molecule has 0 saturated heterocycles. The molecule has 0 aliphatic rings. The van der Waals surface area contributed by atoms with Crippen molar-refractivity contribution in [2.75, 3.05) is 0 Å². The van der Waals surface area contributed by atoms with E-state index in [1.54, 1.807) is 0 Å². The molecule has 12 aromatic rings. The first-order valence-corrected chi connectivity index (χ1v) is 31.1. The summed E-state index contributed by atoms with van der Waals surface area (Å²) in [7, 11) is -2.80. The summed E-state index contributed by atoms with van der Waals surface area (Å²) in [6.07, 6.45) is 0. The van der Waals surface area contributed by atoms with Crippen LogP contribution in [0, 0.1) is 55.4 Å². The summed E-state index contributed by atoms with van der Waals surface area (Å²) < 4.78 is 0. The fourth-order valence-corrected chi connectivity index (χ4v) is 18.8. The molecule has 0 aromatic heterocycles. The predicted octanol–water partition coefficient (Wildman–Crippen LogP) is 16.2. The number of hydrogen-bond donors (Lipinski definition) is 2. The summed E-state index contributed by atoms with van der Waals surface area (Å²) in [6, 6.07) is 91.7. The molecule has 2 N–H and O–H groups in total. The summed E-state index contributed by atoms with van der Waals surface area (Å²) in [6.45, 7) is 17.7. The Balaban J connectivity index is 1.36. The summed E-state index contributed by atoms with van der Waals surface area (Å²) >= 11 is 0. The Morgan fingerprint density at radius 3 is 0.683 bits per heavy atom. The van der Waals surface area contributed by atoms with Gasteiger partial charge in [-0.05, 0) is 170 Å². The predicted molar refractivity (Wildman–Crippen MR) is 352 cm³/mol. The molecule has 2 nitrogen and oxygen atoms in total. The van der Waals surface area contributed by atoms with Crippen LogP contribution in [-0.4, -0.2) is 10.2 Å². The lowest BCUT2D eigenvalue weighted by atomic mass is 9.76. The number of hydrogen-bond acceptors (Lipinski definition) is 2. The highest BCUT2D eigenvalue weighted by Crippen LogP contribution is 2.52. The Hall–Kier alpha value is -8.06. The van der Waals surface area contributed by atoms with E-state index in [-0.39, 0.29) is 0 Å². The Kier molecular flexibility index (Phi) is 14.9. The van der Waals surface area contributed by atoms with Crippen molar-refractivity contribution in [1.29, 1.82) is 0 Å². The Labute approximate surface area is 487 Å². The smallest absolute Gasteiger partial charge is 0.141 e. The van der Waals surface area contributed by atoms with Gasteiger partial charge in [-0.25, -0.2) is 0 Å². The van der Waals surface area contributed by atoms with Gasteiger partial charge >= 0.3 is 0 Å². The Bertz CT molecular complexity index is 3800. The molecular formula is C78H68O2P2. The fraction of sp³-hybridized carbons (Fsp3) is 0.128. The summed E-state index contributed by atoms with van der Waals surface area (Å²) in [4.78, 5) is 0. The van der Waals surface area contributed by atoms with Crippen LogP contribution in [0.2, 0.25) is 0 Å². The van der Waals surface area contributed by atoms with E-state index >= 15 is 0 Å². The van der Waals surface area contributed by atoms with Crippen LogP contribution in [0.3, 0.4) is 0 Å². The highest BCUT2D eigenvalue weighted by Gasteiger charge is 2.41. The van der Waals surface area contributed by atoms with Gasteiger partial charge in [-0.3, -0.25) is 0 Å². The van der Waals surface area contributed by atoms with Gasteiger partial charge in [0.15, 0.2) is 0 Å². The van der Waals surface area contributed by atoms with E-state index in [4.69, 9.17) is 0 Å². The highest BCUT2D eigenvalue weighted by atomic mass is 31.1.